The summed E-state index contributed by atoms with van der Waals surface area (Å²) in [4.78, 5) is 3.22. The van der Waals surface area contributed by atoms with Crippen molar-refractivity contribution >= 4 is 5.82 Å². The van der Waals surface area contributed by atoms with Crippen LogP contribution >= 0.6 is 0 Å². The van der Waals surface area contributed by atoms with Crippen molar-refractivity contribution in [1.82, 2.24) is 0 Å². The number of H-pyrrole nitrogens is 1. The number of rotatable bonds is 4. The lowest BCUT2D eigenvalue weighted by Gasteiger charge is -2.16. The van der Waals surface area contributed by atoms with Gasteiger partial charge in [-0.1, -0.05) is 55.5 Å². The van der Waals surface area contributed by atoms with Crippen molar-refractivity contribution in [3.8, 4) is 34.2 Å². The SMILES string of the molecule is CCc1c(-c2ccccc2)[nH+]c(N)c(C#N)c1-c1ccccc1OC. The van der Waals surface area contributed by atoms with Gasteiger partial charge in [-0.3, -0.25) is 5.73 Å². The number of benzene rings is 2. The first-order valence-electron chi connectivity index (χ1n) is 8.17. The second kappa shape index (κ2) is 7.06. The van der Waals surface area contributed by atoms with E-state index >= 15 is 0 Å². The molecular formula is C21H20N3O+. The van der Waals surface area contributed by atoms with Crippen LogP contribution in [0.15, 0.2) is 54.6 Å². The summed E-state index contributed by atoms with van der Waals surface area (Å²) in [5.74, 6) is 1.08. The van der Waals surface area contributed by atoms with Gasteiger partial charge >= 0.3 is 0 Å². The van der Waals surface area contributed by atoms with E-state index < -0.39 is 0 Å². The highest BCUT2D eigenvalue weighted by Gasteiger charge is 2.24. The van der Waals surface area contributed by atoms with Gasteiger partial charge in [-0.15, -0.1) is 0 Å². The van der Waals surface area contributed by atoms with Crippen molar-refractivity contribution in [2.75, 3.05) is 12.8 Å². The molecule has 3 N–H and O–H groups in total. The van der Waals surface area contributed by atoms with Crippen LogP contribution in [0.3, 0.4) is 0 Å². The first-order chi connectivity index (χ1) is 12.2. The average molecular weight is 330 g/mol. The van der Waals surface area contributed by atoms with Gasteiger partial charge in [0.05, 0.1) is 7.11 Å². The molecular weight excluding hydrogens is 310 g/mol. The number of nitriles is 1. The van der Waals surface area contributed by atoms with Crippen LogP contribution < -0.4 is 15.5 Å². The molecule has 0 spiro atoms. The molecule has 25 heavy (non-hydrogen) atoms. The average Bonchev–Trinajstić information content (AvgIpc) is 2.67. The van der Waals surface area contributed by atoms with E-state index in [0.29, 0.717) is 11.4 Å². The number of ether oxygens (including phenoxy) is 1. The number of aromatic amines is 1. The number of nitrogen functional groups attached to an aromatic ring is 1. The first kappa shape index (κ1) is 16.5. The van der Waals surface area contributed by atoms with Crippen molar-refractivity contribution in [2.24, 2.45) is 0 Å². The summed E-state index contributed by atoms with van der Waals surface area (Å²) < 4.78 is 5.52. The minimum absolute atomic E-state index is 0.361. The third-order valence-electron chi connectivity index (χ3n) is 4.29. The summed E-state index contributed by atoms with van der Waals surface area (Å²) in [7, 11) is 1.63. The Morgan fingerprint density at radius 1 is 1.08 bits per heavy atom. The number of para-hydroxylation sites is 1. The maximum atomic E-state index is 9.71. The Morgan fingerprint density at radius 2 is 1.76 bits per heavy atom. The Balaban J connectivity index is 2.41. The second-order valence-corrected chi connectivity index (χ2v) is 5.67. The zero-order chi connectivity index (χ0) is 17.8. The third-order valence-corrected chi connectivity index (χ3v) is 4.29. The van der Waals surface area contributed by atoms with Gasteiger partial charge in [-0.25, -0.2) is 4.98 Å². The molecule has 1 aromatic heterocycles. The highest BCUT2D eigenvalue weighted by atomic mass is 16.5. The van der Waals surface area contributed by atoms with E-state index in [1.807, 2.05) is 54.6 Å². The highest BCUT2D eigenvalue weighted by molar-refractivity contribution is 5.84. The maximum absolute atomic E-state index is 9.71. The Labute approximate surface area is 147 Å². The molecule has 0 fully saturated rings. The van der Waals surface area contributed by atoms with Crippen LogP contribution in [0.4, 0.5) is 5.82 Å². The van der Waals surface area contributed by atoms with E-state index in [2.05, 4.69) is 18.0 Å². The van der Waals surface area contributed by atoms with Crippen molar-refractivity contribution in [1.29, 1.82) is 5.26 Å². The Morgan fingerprint density at radius 3 is 2.40 bits per heavy atom. The molecule has 1 heterocycles. The standard InChI is InChI=1S/C21H19N3O/c1-3-15-19(16-11-7-8-12-18(16)25-2)17(13-22)21(23)24-20(15)14-9-5-4-6-10-14/h4-12H,3H2,1-2H3,(H2,23,24)/p+1. The van der Waals surface area contributed by atoms with Gasteiger partial charge in [0.25, 0.3) is 5.82 Å². The van der Waals surface area contributed by atoms with Gasteiger partial charge in [0.2, 0.25) is 0 Å². The van der Waals surface area contributed by atoms with E-state index in [4.69, 9.17) is 10.5 Å². The largest absolute Gasteiger partial charge is 0.496 e. The Bertz CT molecular complexity index is 943. The van der Waals surface area contributed by atoms with Gasteiger partial charge in [0.1, 0.15) is 23.1 Å². The van der Waals surface area contributed by atoms with Crippen molar-refractivity contribution in [3.63, 3.8) is 0 Å². The van der Waals surface area contributed by atoms with E-state index in [1.165, 1.54) is 0 Å². The summed E-state index contributed by atoms with van der Waals surface area (Å²) in [6, 6.07) is 20.0. The van der Waals surface area contributed by atoms with Crippen LogP contribution in [0, 0.1) is 11.3 Å². The number of hydrogen-bond donors (Lipinski definition) is 1. The molecule has 0 aliphatic heterocycles. The van der Waals surface area contributed by atoms with Gasteiger partial charge in [-0.2, -0.15) is 5.26 Å². The normalized spacial score (nSPS) is 10.3. The molecule has 4 nitrogen and oxygen atoms in total. The molecule has 3 rings (SSSR count). The molecule has 4 heteroatoms. The van der Waals surface area contributed by atoms with Crippen molar-refractivity contribution < 1.29 is 9.72 Å². The summed E-state index contributed by atoms with van der Waals surface area (Å²) in [6.07, 6.45) is 0.753. The highest BCUT2D eigenvalue weighted by Crippen LogP contribution is 2.38. The molecule has 0 radical (unpaired) electrons. The summed E-state index contributed by atoms with van der Waals surface area (Å²) in [5.41, 5.74) is 11.4. The lowest BCUT2D eigenvalue weighted by Crippen LogP contribution is -2.19. The van der Waals surface area contributed by atoms with Crippen LogP contribution in [0.25, 0.3) is 22.4 Å². The molecule has 0 amide bonds. The van der Waals surface area contributed by atoms with E-state index in [1.54, 1.807) is 7.11 Å². The number of hydrogen-bond acceptors (Lipinski definition) is 3. The van der Waals surface area contributed by atoms with Gasteiger partial charge in [0, 0.05) is 22.3 Å². The van der Waals surface area contributed by atoms with Crippen LogP contribution in [0.1, 0.15) is 18.1 Å². The molecule has 0 unspecified atom stereocenters. The van der Waals surface area contributed by atoms with Crippen LogP contribution in [-0.4, -0.2) is 7.11 Å². The number of methoxy groups -OCH3 is 1. The van der Waals surface area contributed by atoms with E-state index in [9.17, 15) is 5.26 Å². The quantitative estimate of drug-likeness (QED) is 0.789. The Hall–Kier alpha value is -3.32. The summed E-state index contributed by atoms with van der Waals surface area (Å²) >= 11 is 0. The number of nitrogens with one attached hydrogen (secondary N) is 1. The maximum Gasteiger partial charge on any atom is 0.289 e. The lowest BCUT2D eigenvalue weighted by atomic mass is 9.90. The second-order valence-electron chi connectivity index (χ2n) is 5.67. The van der Waals surface area contributed by atoms with E-state index in [-0.39, 0.29) is 0 Å². The fourth-order valence-corrected chi connectivity index (χ4v) is 3.15. The molecule has 0 aliphatic rings. The molecule has 0 bridgehead atoms. The van der Waals surface area contributed by atoms with Gasteiger partial charge in [-0.05, 0) is 12.5 Å². The van der Waals surface area contributed by atoms with Crippen molar-refractivity contribution in [3.05, 3.63) is 65.7 Å². The minimum atomic E-state index is 0.361. The zero-order valence-electron chi connectivity index (χ0n) is 14.3. The number of nitrogens with zero attached hydrogens (tertiary/aromatic N) is 1. The van der Waals surface area contributed by atoms with Gasteiger partial charge in [0.15, 0.2) is 0 Å². The van der Waals surface area contributed by atoms with Crippen LogP contribution in [0.2, 0.25) is 0 Å². The lowest BCUT2D eigenvalue weighted by molar-refractivity contribution is -0.347. The monoisotopic (exact) mass is 330 g/mol. The molecule has 0 saturated heterocycles. The fourth-order valence-electron chi connectivity index (χ4n) is 3.15. The number of pyridine rings is 1. The Kier molecular flexibility index (Phi) is 4.67. The smallest absolute Gasteiger partial charge is 0.289 e. The first-order valence-corrected chi connectivity index (χ1v) is 8.17. The predicted molar refractivity (Wildman–Crippen MR) is 98.9 cm³/mol. The van der Waals surface area contributed by atoms with Crippen molar-refractivity contribution in [2.45, 2.75) is 13.3 Å². The number of anilines is 1. The summed E-state index contributed by atoms with van der Waals surface area (Å²) in [6.45, 7) is 2.08. The van der Waals surface area contributed by atoms with Crippen LogP contribution in [-0.2, 0) is 6.42 Å². The number of aromatic nitrogens is 1. The fraction of sp³-hybridized carbons (Fsp3) is 0.143. The predicted octanol–water partition coefficient (Wildman–Crippen LogP) is 3.86. The molecule has 0 atom stereocenters. The molecule has 0 aliphatic carbocycles. The number of nitrogens with two attached hydrogens (primary N) is 1. The van der Waals surface area contributed by atoms with Crippen LogP contribution in [0.5, 0.6) is 5.75 Å². The van der Waals surface area contributed by atoms with Gasteiger partial charge < -0.3 is 4.74 Å². The third kappa shape index (κ3) is 2.92. The summed E-state index contributed by atoms with van der Waals surface area (Å²) in [5, 5.41) is 9.71. The molecule has 124 valence electrons. The topological polar surface area (TPSA) is 73.2 Å². The van der Waals surface area contributed by atoms with E-state index in [0.717, 1.165) is 40.1 Å². The molecule has 2 aromatic carbocycles. The molecule has 0 saturated carbocycles. The zero-order valence-corrected chi connectivity index (χ0v) is 14.3. The minimum Gasteiger partial charge on any atom is -0.496 e. The molecule has 3 aromatic rings.